The van der Waals surface area contributed by atoms with E-state index in [0.717, 1.165) is 0 Å². The van der Waals surface area contributed by atoms with Gasteiger partial charge in [0.15, 0.2) is 0 Å². The number of nitrogens with one attached hydrogen (secondary N) is 2. The van der Waals surface area contributed by atoms with Crippen LogP contribution in [0.1, 0.15) is 23.7 Å². The van der Waals surface area contributed by atoms with Crippen LogP contribution in [0.4, 0.5) is 10.5 Å². The minimum Gasteiger partial charge on any atom is -0.448 e. The number of amides is 3. The molecule has 0 unspecified atom stereocenters. The van der Waals surface area contributed by atoms with Gasteiger partial charge < -0.3 is 20.3 Å². The van der Waals surface area contributed by atoms with E-state index in [9.17, 15) is 14.4 Å². The van der Waals surface area contributed by atoms with E-state index in [-0.39, 0.29) is 17.9 Å². The summed E-state index contributed by atoms with van der Waals surface area (Å²) in [5.74, 6) is -0.397. The largest absolute Gasteiger partial charge is 0.448 e. The summed E-state index contributed by atoms with van der Waals surface area (Å²) in [6.45, 7) is 3.47. The molecule has 0 bridgehead atoms. The molecule has 3 amide bonds. The predicted octanol–water partition coefficient (Wildman–Crippen LogP) is 1.22. The molecule has 1 saturated heterocycles. The van der Waals surface area contributed by atoms with Gasteiger partial charge in [-0.15, -0.1) is 0 Å². The third kappa shape index (κ3) is 4.47. The fourth-order valence-corrected chi connectivity index (χ4v) is 2.14. The Balaban J connectivity index is 1.77. The van der Waals surface area contributed by atoms with Crippen molar-refractivity contribution in [1.82, 2.24) is 10.2 Å². The van der Waals surface area contributed by atoms with Gasteiger partial charge in [-0.2, -0.15) is 0 Å². The fourth-order valence-electron chi connectivity index (χ4n) is 2.14. The number of benzene rings is 1. The first-order chi connectivity index (χ1) is 10.6. The Labute approximate surface area is 128 Å². The summed E-state index contributed by atoms with van der Waals surface area (Å²) in [5.41, 5.74) is 1.06. The smallest absolute Gasteiger partial charge is 0.409 e. The maximum atomic E-state index is 12.0. The number of hydrogen-bond donors (Lipinski definition) is 2. The summed E-state index contributed by atoms with van der Waals surface area (Å²) in [6.07, 6.45) is 0.362. The van der Waals surface area contributed by atoms with Gasteiger partial charge in [-0.3, -0.25) is 9.59 Å². The molecule has 2 N–H and O–H groups in total. The van der Waals surface area contributed by atoms with Crippen molar-refractivity contribution < 1.29 is 19.1 Å². The van der Waals surface area contributed by atoms with E-state index in [2.05, 4.69) is 10.6 Å². The number of carbonyl (C=O) groups is 3. The minimum absolute atomic E-state index is 0.185. The first kappa shape index (κ1) is 15.8. The van der Waals surface area contributed by atoms with Gasteiger partial charge >= 0.3 is 6.09 Å². The van der Waals surface area contributed by atoms with E-state index in [1.54, 1.807) is 29.2 Å². The van der Waals surface area contributed by atoms with Crippen LogP contribution in [0.2, 0.25) is 0 Å². The molecule has 1 heterocycles. The molecule has 1 aliphatic heterocycles. The minimum atomic E-state index is -0.297. The summed E-state index contributed by atoms with van der Waals surface area (Å²) in [5, 5.41) is 5.42. The zero-order chi connectivity index (χ0) is 15.9. The SMILES string of the molecule is CC(=O)Nc1cccc(C(=O)NCCCN2CCOC2=O)c1. The Morgan fingerprint density at radius 1 is 1.36 bits per heavy atom. The van der Waals surface area contributed by atoms with Crippen LogP contribution in [0.15, 0.2) is 24.3 Å². The molecule has 7 heteroatoms. The van der Waals surface area contributed by atoms with Crippen LogP contribution in [0.5, 0.6) is 0 Å². The highest BCUT2D eigenvalue weighted by Crippen LogP contribution is 2.10. The molecule has 0 aromatic heterocycles. The third-order valence-corrected chi connectivity index (χ3v) is 3.18. The lowest BCUT2D eigenvalue weighted by molar-refractivity contribution is -0.114. The van der Waals surface area contributed by atoms with Gasteiger partial charge in [0.2, 0.25) is 5.91 Å². The highest BCUT2D eigenvalue weighted by molar-refractivity contribution is 5.96. The lowest BCUT2D eigenvalue weighted by Crippen LogP contribution is -2.30. The van der Waals surface area contributed by atoms with Crippen molar-refractivity contribution in [2.75, 3.05) is 31.6 Å². The van der Waals surface area contributed by atoms with Crippen LogP contribution in [0.3, 0.4) is 0 Å². The standard InChI is InChI=1S/C15H19N3O4/c1-11(19)17-13-5-2-4-12(10-13)14(20)16-6-3-7-18-8-9-22-15(18)21/h2,4-5,10H,3,6-9H2,1H3,(H,16,20)(H,17,19). The molecule has 0 aliphatic carbocycles. The van der Waals surface area contributed by atoms with Crippen molar-refractivity contribution in [2.24, 2.45) is 0 Å². The van der Waals surface area contributed by atoms with Gasteiger partial charge in [0.1, 0.15) is 6.61 Å². The quantitative estimate of drug-likeness (QED) is 0.774. The van der Waals surface area contributed by atoms with E-state index < -0.39 is 0 Å². The first-order valence-electron chi connectivity index (χ1n) is 7.14. The fraction of sp³-hybridized carbons (Fsp3) is 0.400. The van der Waals surface area contributed by atoms with Gasteiger partial charge in [-0.25, -0.2) is 4.79 Å². The average Bonchev–Trinajstić information content (AvgIpc) is 2.88. The Kier molecular flexibility index (Phi) is 5.35. The van der Waals surface area contributed by atoms with E-state index in [1.807, 2.05) is 0 Å². The monoisotopic (exact) mass is 305 g/mol. The molecule has 7 nitrogen and oxygen atoms in total. The van der Waals surface area contributed by atoms with Crippen LogP contribution in [-0.2, 0) is 9.53 Å². The zero-order valence-electron chi connectivity index (χ0n) is 12.4. The van der Waals surface area contributed by atoms with Crippen molar-refractivity contribution in [3.8, 4) is 0 Å². The normalized spacial score (nSPS) is 13.7. The second-order valence-electron chi connectivity index (χ2n) is 4.97. The van der Waals surface area contributed by atoms with Crippen molar-refractivity contribution in [3.63, 3.8) is 0 Å². The van der Waals surface area contributed by atoms with E-state index in [0.29, 0.717) is 43.9 Å². The first-order valence-corrected chi connectivity index (χ1v) is 7.14. The molecule has 1 aromatic carbocycles. The average molecular weight is 305 g/mol. The second kappa shape index (κ2) is 7.44. The molecule has 0 saturated carbocycles. The summed E-state index contributed by atoms with van der Waals surface area (Å²) in [7, 11) is 0. The number of nitrogens with zero attached hydrogens (tertiary/aromatic N) is 1. The Bertz CT molecular complexity index is 574. The number of hydrogen-bond acceptors (Lipinski definition) is 4. The van der Waals surface area contributed by atoms with Crippen molar-refractivity contribution in [1.29, 1.82) is 0 Å². The Morgan fingerprint density at radius 3 is 2.86 bits per heavy atom. The molecular weight excluding hydrogens is 286 g/mol. The molecule has 1 aromatic rings. The van der Waals surface area contributed by atoms with Gasteiger partial charge in [0.25, 0.3) is 5.91 Å². The molecule has 22 heavy (non-hydrogen) atoms. The number of rotatable bonds is 6. The maximum Gasteiger partial charge on any atom is 0.409 e. The summed E-state index contributed by atoms with van der Waals surface area (Å²) in [6, 6.07) is 6.73. The van der Waals surface area contributed by atoms with E-state index in [1.165, 1.54) is 6.92 Å². The highest BCUT2D eigenvalue weighted by Gasteiger charge is 2.20. The van der Waals surface area contributed by atoms with Gasteiger partial charge in [-0.05, 0) is 24.6 Å². The highest BCUT2D eigenvalue weighted by atomic mass is 16.6. The number of ether oxygens (including phenoxy) is 1. The molecule has 1 aliphatic rings. The van der Waals surface area contributed by atoms with Gasteiger partial charge in [0.05, 0.1) is 6.54 Å². The molecular formula is C15H19N3O4. The maximum absolute atomic E-state index is 12.0. The van der Waals surface area contributed by atoms with E-state index >= 15 is 0 Å². The van der Waals surface area contributed by atoms with Gasteiger partial charge in [-0.1, -0.05) is 6.07 Å². The van der Waals surface area contributed by atoms with Crippen molar-refractivity contribution >= 4 is 23.6 Å². The van der Waals surface area contributed by atoms with Crippen LogP contribution < -0.4 is 10.6 Å². The Morgan fingerprint density at radius 2 is 2.18 bits per heavy atom. The molecule has 0 spiro atoms. The lowest BCUT2D eigenvalue weighted by Gasteiger charge is -2.12. The predicted molar refractivity (Wildman–Crippen MR) is 80.6 cm³/mol. The van der Waals surface area contributed by atoms with Crippen LogP contribution in [-0.4, -0.2) is 49.0 Å². The molecule has 0 radical (unpaired) electrons. The molecule has 1 fully saturated rings. The summed E-state index contributed by atoms with van der Waals surface area (Å²) in [4.78, 5) is 35.9. The summed E-state index contributed by atoms with van der Waals surface area (Å²) >= 11 is 0. The Hall–Kier alpha value is -2.57. The number of carbonyl (C=O) groups excluding carboxylic acids is 3. The second-order valence-corrected chi connectivity index (χ2v) is 4.97. The van der Waals surface area contributed by atoms with E-state index in [4.69, 9.17) is 4.74 Å². The van der Waals surface area contributed by atoms with Gasteiger partial charge in [0, 0.05) is 31.3 Å². The van der Waals surface area contributed by atoms with Crippen molar-refractivity contribution in [2.45, 2.75) is 13.3 Å². The zero-order valence-corrected chi connectivity index (χ0v) is 12.4. The molecule has 0 atom stereocenters. The molecule has 2 rings (SSSR count). The summed E-state index contributed by atoms with van der Waals surface area (Å²) < 4.78 is 4.82. The van der Waals surface area contributed by atoms with Crippen LogP contribution in [0.25, 0.3) is 0 Å². The lowest BCUT2D eigenvalue weighted by atomic mass is 10.2. The number of cyclic esters (lactones) is 1. The molecule has 118 valence electrons. The van der Waals surface area contributed by atoms with Crippen LogP contribution >= 0.6 is 0 Å². The topological polar surface area (TPSA) is 87.7 Å². The van der Waals surface area contributed by atoms with Crippen molar-refractivity contribution in [3.05, 3.63) is 29.8 Å². The van der Waals surface area contributed by atoms with Crippen LogP contribution in [0, 0.1) is 0 Å². The number of anilines is 1. The third-order valence-electron chi connectivity index (χ3n) is 3.18.